The fourth-order valence-electron chi connectivity index (χ4n) is 3.12. The van der Waals surface area contributed by atoms with E-state index in [-0.39, 0.29) is 11.6 Å². The van der Waals surface area contributed by atoms with Gasteiger partial charge in [-0.15, -0.1) is 0 Å². The van der Waals surface area contributed by atoms with Gasteiger partial charge in [0.25, 0.3) is 11.6 Å². The van der Waals surface area contributed by atoms with Crippen molar-refractivity contribution in [2.45, 2.75) is 33.6 Å². The topological polar surface area (TPSA) is 100 Å². The highest BCUT2D eigenvalue weighted by Gasteiger charge is 2.21. The monoisotopic (exact) mass is 392 g/mol. The number of amides is 1. The maximum Gasteiger partial charge on any atom is 0.288 e. The fraction of sp³-hybridized carbons (Fsp3) is 0.273. The molecular formula is C22H24N4O3. The first-order valence-electron chi connectivity index (χ1n) is 9.56. The van der Waals surface area contributed by atoms with Crippen LogP contribution in [0.25, 0.3) is 22.0 Å². The van der Waals surface area contributed by atoms with Gasteiger partial charge in [-0.05, 0) is 37.3 Å². The summed E-state index contributed by atoms with van der Waals surface area (Å²) in [5, 5.41) is 16.1. The zero-order valence-electron chi connectivity index (χ0n) is 16.7. The summed E-state index contributed by atoms with van der Waals surface area (Å²) in [6.07, 6.45) is 1.80. The molecule has 7 nitrogen and oxygen atoms in total. The standard InChI is InChI=1S/C22H24N4O3/c1-14(2)9-10-15(3)24-25-22(27)21-20(16-7-5-4-6-8-16)18-13-17(26(28)29)11-12-19(18)23-21/h4-8,11-14,23H,9-10H2,1-3H3,(H,25,27)/b24-15+. The number of nitrogens with one attached hydrogen (secondary N) is 2. The summed E-state index contributed by atoms with van der Waals surface area (Å²) in [6.45, 7) is 6.17. The smallest absolute Gasteiger partial charge is 0.288 e. The Morgan fingerprint density at radius 1 is 1.21 bits per heavy atom. The van der Waals surface area contributed by atoms with E-state index in [0.717, 1.165) is 24.1 Å². The molecule has 0 bridgehead atoms. The van der Waals surface area contributed by atoms with Gasteiger partial charge in [0.05, 0.1) is 4.92 Å². The number of benzene rings is 2. The molecule has 2 N–H and O–H groups in total. The third-order valence-electron chi connectivity index (χ3n) is 4.71. The summed E-state index contributed by atoms with van der Waals surface area (Å²) in [7, 11) is 0. The van der Waals surface area contributed by atoms with Crippen molar-refractivity contribution >= 4 is 28.2 Å². The Labute approximate surface area is 169 Å². The molecule has 0 atom stereocenters. The Bertz CT molecular complexity index is 1070. The maximum absolute atomic E-state index is 12.9. The quantitative estimate of drug-likeness (QED) is 0.325. The Balaban J connectivity index is 2.01. The van der Waals surface area contributed by atoms with Crippen molar-refractivity contribution in [3.8, 4) is 11.1 Å². The van der Waals surface area contributed by atoms with Crippen molar-refractivity contribution in [1.82, 2.24) is 10.4 Å². The third kappa shape index (κ3) is 4.68. The van der Waals surface area contributed by atoms with Crippen LogP contribution in [0.15, 0.2) is 53.6 Å². The molecule has 29 heavy (non-hydrogen) atoms. The molecule has 7 heteroatoms. The first-order valence-corrected chi connectivity index (χ1v) is 9.56. The molecule has 1 amide bonds. The van der Waals surface area contributed by atoms with E-state index >= 15 is 0 Å². The zero-order chi connectivity index (χ0) is 21.0. The van der Waals surface area contributed by atoms with Gasteiger partial charge in [-0.3, -0.25) is 14.9 Å². The van der Waals surface area contributed by atoms with E-state index in [1.54, 1.807) is 6.07 Å². The normalized spacial score (nSPS) is 11.8. The maximum atomic E-state index is 12.9. The highest BCUT2D eigenvalue weighted by atomic mass is 16.6. The van der Waals surface area contributed by atoms with Gasteiger partial charge in [-0.2, -0.15) is 5.10 Å². The van der Waals surface area contributed by atoms with Crippen LogP contribution in [0.1, 0.15) is 44.1 Å². The fourth-order valence-corrected chi connectivity index (χ4v) is 3.12. The number of hydrogen-bond donors (Lipinski definition) is 2. The van der Waals surface area contributed by atoms with E-state index in [0.29, 0.717) is 28.1 Å². The van der Waals surface area contributed by atoms with Crippen LogP contribution >= 0.6 is 0 Å². The van der Waals surface area contributed by atoms with Gasteiger partial charge in [0.15, 0.2) is 0 Å². The number of nitrogens with zero attached hydrogens (tertiary/aromatic N) is 2. The molecule has 3 rings (SSSR count). The molecule has 1 heterocycles. The van der Waals surface area contributed by atoms with Crippen molar-refractivity contribution in [1.29, 1.82) is 0 Å². The van der Waals surface area contributed by atoms with Crippen molar-refractivity contribution in [2.75, 3.05) is 0 Å². The van der Waals surface area contributed by atoms with Gasteiger partial charge in [0.2, 0.25) is 0 Å². The lowest BCUT2D eigenvalue weighted by molar-refractivity contribution is -0.384. The SMILES string of the molecule is C/C(CCC(C)C)=N\NC(=O)c1[nH]c2ccc([N+](=O)[O-])cc2c1-c1ccccc1. The van der Waals surface area contributed by atoms with Crippen LogP contribution in [0.5, 0.6) is 0 Å². The average molecular weight is 392 g/mol. The highest BCUT2D eigenvalue weighted by Crippen LogP contribution is 2.34. The molecule has 150 valence electrons. The van der Waals surface area contributed by atoms with Crippen molar-refractivity contribution < 1.29 is 9.72 Å². The number of aromatic nitrogens is 1. The number of H-pyrrole nitrogens is 1. The van der Waals surface area contributed by atoms with Crippen LogP contribution in [0.4, 0.5) is 5.69 Å². The number of rotatable bonds is 7. The van der Waals surface area contributed by atoms with Crippen molar-refractivity contribution in [3.63, 3.8) is 0 Å². The van der Waals surface area contributed by atoms with Gasteiger partial charge in [-0.25, -0.2) is 5.43 Å². The van der Waals surface area contributed by atoms with Crippen molar-refractivity contribution in [3.05, 3.63) is 64.3 Å². The van der Waals surface area contributed by atoms with Gasteiger partial charge >= 0.3 is 0 Å². The third-order valence-corrected chi connectivity index (χ3v) is 4.71. The molecular weight excluding hydrogens is 368 g/mol. The molecule has 3 aromatic rings. The van der Waals surface area contributed by atoms with Crippen LogP contribution in [0.2, 0.25) is 0 Å². The van der Waals surface area contributed by atoms with Gasteiger partial charge in [-0.1, -0.05) is 44.2 Å². The second-order valence-corrected chi connectivity index (χ2v) is 7.45. The Kier molecular flexibility index (Phi) is 6.07. The molecule has 0 unspecified atom stereocenters. The molecule has 0 aliphatic carbocycles. The number of carbonyl (C=O) groups is 1. The van der Waals surface area contributed by atoms with E-state index in [1.165, 1.54) is 12.1 Å². The number of non-ortho nitro benzene ring substituents is 1. The average Bonchev–Trinajstić information content (AvgIpc) is 3.09. The Hall–Kier alpha value is -3.48. The van der Waals surface area contributed by atoms with Crippen LogP contribution in [-0.2, 0) is 0 Å². The molecule has 1 aromatic heterocycles. The summed E-state index contributed by atoms with van der Waals surface area (Å²) in [4.78, 5) is 26.8. The van der Waals surface area contributed by atoms with Crippen molar-refractivity contribution in [2.24, 2.45) is 11.0 Å². The summed E-state index contributed by atoms with van der Waals surface area (Å²) in [5.41, 5.74) is 5.83. The summed E-state index contributed by atoms with van der Waals surface area (Å²) < 4.78 is 0. The lowest BCUT2D eigenvalue weighted by atomic mass is 10.0. The van der Waals surface area contributed by atoms with Gasteiger partial charge < -0.3 is 4.98 Å². The molecule has 0 fully saturated rings. The van der Waals surface area contributed by atoms with E-state index in [4.69, 9.17) is 0 Å². The lowest BCUT2D eigenvalue weighted by Gasteiger charge is -2.06. The van der Waals surface area contributed by atoms with Gasteiger partial charge in [0, 0.05) is 34.3 Å². The van der Waals surface area contributed by atoms with Crippen LogP contribution < -0.4 is 5.43 Å². The number of aromatic amines is 1. The number of hydrogen-bond acceptors (Lipinski definition) is 4. The molecule has 0 spiro atoms. The minimum absolute atomic E-state index is 0.0248. The van der Waals surface area contributed by atoms with E-state index in [2.05, 4.69) is 29.4 Å². The first kappa shape index (κ1) is 20.3. The minimum Gasteiger partial charge on any atom is -0.350 e. The van der Waals surface area contributed by atoms with Crippen LogP contribution in [0.3, 0.4) is 0 Å². The predicted molar refractivity (Wildman–Crippen MR) is 115 cm³/mol. The molecule has 0 saturated carbocycles. The highest BCUT2D eigenvalue weighted by molar-refractivity contribution is 6.10. The summed E-state index contributed by atoms with van der Waals surface area (Å²) in [6, 6.07) is 13.9. The molecule has 0 saturated heterocycles. The van der Waals surface area contributed by atoms with E-state index in [9.17, 15) is 14.9 Å². The molecule has 0 radical (unpaired) electrons. The van der Waals surface area contributed by atoms with Gasteiger partial charge in [0.1, 0.15) is 5.69 Å². The summed E-state index contributed by atoms with van der Waals surface area (Å²) >= 11 is 0. The largest absolute Gasteiger partial charge is 0.350 e. The molecule has 0 aliphatic heterocycles. The van der Waals surface area contributed by atoms with Crippen LogP contribution in [0, 0.1) is 16.0 Å². The predicted octanol–water partition coefficient (Wildman–Crippen LogP) is 5.29. The number of hydrazone groups is 1. The van der Waals surface area contributed by atoms with Crippen LogP contribution in [-0.4, -0.2) is 21.5 Å². The number of fused-ring (bicyclic) bond motifs is 1. The number of carbonyl (C=O) groups excluding carboxylic acids is 1. The summed E-state index contributed by atoms with van der Waals surface area (Å²) in [5.74, 6) is 0.177. The van der Waals surface area contributed by atoms with E-state index < -0.39 is 4.92 Å². The molecule has 0 aliphatic rings. The zero-order valence-corrected chi connectivity index (χ0v) is 16.7. The first-order chi connectivity index (χ1) is 13.9. The minimum atomic E-state index is -0.441. The Morgan fingerprint density at radius 3 is 2.59 bits per heavy atom. The number of nitro groups is 1. The lowest BCUT2D eigenvalue weighted by Crippen LogP contribution is -2.20. The van der Waals surface area contributed by atoms with E-state index in [1.807, 2.05) is 37.3 Å². The number of nitro benzene ring substituents is 1. The second kappa shape index (κ2) is 8.68. The Morgan fingerprint density at radius 2 is 1.93 bits per heavy atom. The second-order valence-electron chi connectivity index (χ2n) is 7.45. The molecule has 2 aromatic carbocycles.